The lowest BCUT2D eigenvalue weighted by Crippen LogP contribution is -2.47. The summed E-state index contributed by atoms with van der Waals surface area (Å²) in [4.78, 5) is 14.0. The summed E-state index contributed by atoms with van der Waals surface area (Å²) in [6, 6.07) is 14.6. The molecule has 6 nitrogen and oxygen atoms in total. The van der Waals surface area contributed by atoms with Crippen LogP contribution in [0.4, 0.5) is 4.79 Å². The second-order valence-electron chi connectivity index (χ2n) is 8.23. The number of amides is 2. The van der Waals surface area contributed by atoms with E-state index in [1.807, 2.05) is 25.1 Å². The zero-order valence-corrected chi connectivity index (χ0v) is 18.4. The van der Waals surface area contributed by atoms with Gasteiger partial charge in [-0.05, 0) is 60.9 Å². The predicted octanol–water partition coefficient (Wildman–Crippen LogP) is 3.98. The molecule has 1 saturated heterocycles. The van der Waals surface area contributed by atoms with Crippen LogP contribution in [0, 0.1) is 5.92 Å². The van der Waals surface area contributed by atoms with Gasteiger partial charge in [-0.25, -0.2) is 4.79 Å². The molecule has 0 saturated carbocycles. The Morgan fingerprint density at radius 1 is 1.16 bits per heavy atom. The number of morpholine rings is 1. The Morgan fingerprint density at radius 2 is 1.94 bits per heavy atom. The van der Waals surface area contributed by atoms with E-state index in [2.05, 4.69) is 29.6 Å². The van der Waals surface area contributed by atoms with Crippen LogP contribution in [0.5, 0.6) is 11.5 Å². The maximum Gasteiger partial charge on any atom is 0.317 e. The number of nitrogens with zero attached hydrogens (tertiary/aromatic N) is 1. The summed E-state index contributed by atoms with van der Waals surface area (Å²) in [6.07, 6.45) is 3.09. The third-order valence-corrected chi connectivity index (χ3v) is 6.16. The molecule has 6 heteroatoms. The van der Waals surface area contributed by atoms with E-state index in [1.54, 1.807) is 12.0 Å². The van der Waals surface area contributed by atoms with E-state index >= 15 is 0 Å². The number of hydrogen-bond donors (Lipinski definition) is 1. The van der Waals surface area contributed by atoms with Crippen LogP contribution in [0.2, 0.25) is 0 Å². The Balaban J connectivity index is 1.37. The van der Waals surface area contributed by atoms with Crippen LogP contribution in [0.3, 0.4) is 0 Å². The van der Waals surface area contributed by atoms with Gasteiger partial charge in [0, 0.05) is 13.1 Å². The number of rotatable bonds is 7. The monoisotopic (exact) mass is 424 g/mol. The van der Waals surface area contributed by atoms with Crippen molar-refractivity contribution >= 4 is 6.03 Å². The van der Waals surface area contributed by atoms with Crippen LogP contribution >= 0.6 is 0 Å². The third kappa shape index (κ3) is 5.13. The average Bonchev–Trinajstić information content (AvgIpc) is 3.22. The molecule has 0 radical (unpaired) electrons. The summed E-state index contributed by atoms with van der Waals surface area (Å²) < 4.78 is 17.6. The molecule has 0 spiro atoms. The molecule has 1 heterocycles. The highest BCUT2D eigenvalue weighted by Gasteiger charge is 2.26. The van der Waals surface area contributed by atoms with Crippen LogP contribution in [-0.4, -0.2) is 50.9 Å². The van der Waals surface area contributed by atoms with Crippen molar-refractivity contribution in [2.24, 2.45) is 5.92 Å². The molecule has 2 amide bonds. The molecule has 2 aliphatic rings. The molecule has 2 aromatic rings. The number of benzene rings is 2. The summed E-state index contributed by atoms with van der Waals surface area (Å²) in [5.41, 5.74) is 3.94. The molecule has 2 aromatic carbocycles. The fourth-order valence-electron chi connectivity index (χ4n) is 4.49. The smallest absolute Gasteiger partial charge is 0.317 e. The van der Waals surface area contributed by atoms with Gasteiger partial charge in [-0.1, -0.05) is 30.3 Å². The molecule has 4 rings (SSSR count). The minimum atomic E-state index is -0.172. The SMILES string of the molecule is CCNC(=O)N1CCOC(c2ccc(OC)c(OCCC3Cc4ccccc4C3)c2)C1. The highest BCUT2D eigenvalue weighted by molar-refractivity contribution is 5.74. The summed E-state index contributed by atoms with van der Waals surface area (Å²) in [5.74, 6) is 2.07. The second-order valence-corrected chi connectivity index (χ2v) is 8.23. The van der Waals surface area contributed by atoms with Gasteiger partial charge in [0.15, 0.2) is 11.5 Å². The van der Waals surface area contributed by atoms with E-state index < -0.39 is 0 Å². The Kier molecular flexibility index (Phi) is 6.97. The first-order chi connectivity index (χ1) is 15.2. The van der Waals surface area contributed by atoms with Gasteiger partial charge >= 0.3 is 6.03 Å². The van der Waals surface area contributed by atoms with E-state index in [9.17, 15) is 4.79 Å². The fraction of sp³-hybridized carbons (Fsp3) is 0.480. The van der Waals surface area contributed by atoms with Crippen LogP contribution in [0.15, 0.2) is 42.5 Å². The molecule has 1 N–H and O–H groups in total. The minimum absolute atomic E-state index is 0.0432. The highest BCUT2D eigenvalue weighted by atomic mass is 16.5. The molecule has 0 aromatic heterocycles. The number of urea groups is 1. The number of fused-ring (bicyclic) bond motifs is 1. The number of carbonyl (C=O) groups excluding carboxylic acids is 1. The van der Waals surface area contributed by atoms with E-state index in [-0.39, 0.29) is 12.1 Å². The van der Waals surface area contributed by atoms with Gasteiger partial charge in [-0.15, -0.1) is 0 Å². The number of ether oxygens (including phenoxy) is 3. The maximum atomic E-state index is 12.2. The minimum Gasteiger partial charge on any atom is -0.493 e. The van der Waals surface area contributed by atoms with E-state index in [0.717, 1.165) is 36.3 Å². The summed E-state index contributed by atoms with van der Waals surface area (Å²) in [5, 5.41) is 2.86. The number of nitrogens with one attached hydrogen (secondary N) is 1. The van der Waals surface area contributed by atoms with Crippen LogP contribution < -0.4 is 14.8 Å². The normalized spacial score (nSPS) is 18.5. The maximum absolute atomic E-state index is 12.2. The highest BCUT2D eigenvalue weighted by Crippen LogP contribution is 2.34. The van der Waals surface area contributed by atoms with E-state index in [0.29, 0.717) is 38.8 Å². The van der Waals surface area contributed by atoms with Gasteiger partial charge in [0.05, 0.1) is 26.9 Å². The lowest BCUT2D eigenvalue weighted by molar-refractivity contribution is -0.0154. The molecule has 166 valence electrons. The lowest BCUT2D eigenvalue weighted by Gasteiger charge is -2.33. The number of carbonyl (C=O) groups is 1. The zero-order valence-electron chi connectivity index (χ0n) is 18.4. The predicted molar refractivity (Wildman–Crippen MR) is 120 cm³/mol. The zero-order chi connectivity index (χ0) is 21.6. The lowest BCUT2D eigenvalue weighted by atomic mass is 10.0. The van der Waals surface area contributed by atoms with Gasteiger partial charge in [-0.3, -0.25) is 0 Å². The Labute approximate surface area is 184 Å². The first-order valence-corrected chi connectivity index (χ1v) is 11.2. The topological polar surface area (TPSA) is 60.0 Å². The molecule has 31 heavy (non-hydrogen) atoms. The van der Waals surface area contributed by atoms with Gasteiger partial charge in [0.1, 0.15) is 6.10 Å². The molecule has 1 fully saturated rings. The van der Waals surface area contributed by atoms with Crippen molar-refractivity contribution in [2.75, 3.05) is 40.0 Å². The van der Waals surface area contributed by atoms with Crippen LogP contribution in [0.25, 0.3) is 0 Å². The standard InChI is InChI=1S/C25H32N2O4/c1-3-26-25(28)27-11-13-31-24(17-27)21-8-9-22(29-2)23(16-21)30-12-10-18-14-19-6-4-5-7-20(19)15-18/h4-9,16,18,24H,3,10-15,17H2,1-2H3,(H,26,28). The van der Waals surface area contributed by atoms with Gasteiger partial charge in [-0.2, -0.15) is 0 Å². The first kappa shape index (κ1) is 21.5. The van der Waals surface area contributed by atoms with Crippen LogP contribution in [0.1, 0.15) is 36.1 Å². The number of methoxy groups -OCH3 is 1. The van der Waals surface area contributed by atoms with Gasteiger partial charge in [0.2, 0.25) is 0 Å². The Morgan fingerprint density at radius 3 is 2.65 bits per heavy atom. The first-order valence-electron chi connectivity index (χ1n) is 11.2. The number of hydrogen-bond acceptors (Lipinski definition) is 4. The molecule has 1 atom stereocenters. The molecule has 1 aliphatic carbocycles. The third-order valence-electron chi connectivity index (χ3n) is 6.16. The van der Waals surface area contributed by atoms with Crippen LogP contribution in [-0.2, 0) is 17.6 Å². The molecular formula is C25H32N2O4. The quantitative estimate of drug-likeness (QED) is 0.730. The molecule has 1 unspecified atom stereocenters. The van der Waals surface area contributed by atoms with Crippen molar-refractivity contribution in [3.8, 4) is 11.5 Å². The van der Waals surface area contributed by atoms with Crippen molar-refractivity contribution in [1.29, 1.82) is 0 Å². The second kappa shape index (κ2) is 10.1. The average molecular weight is 425 g/mol. The molecule has 0 bridgehead atoms. The largest absolute Gasteiger partial charge is 0.493 e. The van der Waals surface area contributed by atoms with Gasteiger partial charge < -0.3 is 24.4 Å². The summed E-state index contributed by atoms with van der Waals surface area (Å²) in [6.45, 7) is 4.84. The molecular weight excluding hydrogens is 392 g/mol. The molecule has 1 aliphatic heterocycles. The van der Waals surface area contributed by atoms with Crippen molar-refractivity contribution in [3.05, 3.63) is 59.2 Å². The van der Waals surface area contributed by atoms with Gasteiger partial charge in [0.25, 0.3) is 0 Å². The Bertz CT molecular complexity index is 876. The van der Waals surface area contributed by atoms with Crippen molar-refractivity contribution in [2.45, 2.75) is 32.3 Å². The van der Waals surface area contributed by atoms with Crippen molar-refractivity contribution in [3.63, 3.8) is 0 Å². The fourth-order valence-corrected chi connectivity index (χ4v) is 4.49. The van der Waals surface area contributed by atoms with E-state index in [4.69, 9.17) is 14.2 Å². The van der Waals surface area contributed by atoms with Crippen molar-refractivity contribution in [1.82, 2.24) is 10.2 Å². The summed E-state index contributed by atoms with van der Waals surface area (Å²) in [7, 11) is 1.66. The van der Waals surface area contributed by atoms with Crippen molar-refractivity contribution < 1.29 is 19.0 Å². The Hall–Kier alpha value is -2.73. The van der Waals surface area contributed by atoms with E-state index in [1.165, 1.54) is 11.1 Å². The summed E-state index contributed by atoms with van der Waals surface area (Å²) >= 11 is 0.